The minimum atomic E-state index is -0.466. The number of carbonyl (C=O) groups is 1. The fourth-order valence-corrected chi connectivity index (χ4v) is 4.18. The molecule has 1 aromatic carbocycles. The molecule has 1 heterocycles. The van der Waals surface area contributed by atoms with Crippen molar-refractivity contribution in [3.63, 3.8) is 0 Å². The Kier molecular flexibility index (Phi) is 4.94. The number of amides is 1. The molecule has 1 aliphatic carbocycles. The van der Waals surface area contributed by atoms with Gasteiger partial charge in [0.2, 0.25) is 0 Å². The van der Waals surface area contributed by atoms with Crippen LogP contribution in [0.1, 0.15) is 39.3 Å². The van der Waals surface area contributed by atoms with E-state index in [9.17, 15) is 14.9 Å². The molecule has 0 radical (unpaired) electrons. The lowest BCUT2D eigenvalue weighted by Gasteiger charge is -2.19. The molecular formula is C18H19N3O3S. The number of benzene rings is 1. The average Bonchev–Trinajstić information content (AvgIpc) is 3.02. The van der Waals surface area contributed by atoms with Crippen LogP contribution in [-0.4, -0.2) is 22.4 Å². The number of carbonyl (C=O) groups excluding carboxylic acids is 1. The fourth-order valence-electron chi connectivity index (χ4n) is 3.03. The molecule has 0 fully saturated rings. The van der Waals surface area contributed by atoms with Crippen molar-refractivity contribution in [1.82, 2.24) is 4.98 Å². The van der Waals surface area contributed by atoms with Crippen LogP contribution in [0.5, 0.6) is 0 Å². The summed E-state index contributed by atoms with van der Waals surface area (Å²) >= 11 is 1.54. The highest BCUT2D eigenvalue weighted by Crippen LogP contribution is 2.33. The number of nitro benzene ring substituents is 1. The lowest BCUT2D eigenvalue weighted by molar-refractivity contribution is -0.385. The molecule has 0 saturated carbocycles. The summed E-state index contributed by atoms with van der Waals surface area (Å²) in [6, 6.07) is 4.57. The van der Waals surface area contributed by atoms with Gasteiger partial charge >= 0.3 is 0 Å². The third-order valence-corrected chi connectivity index (χ3v) is 5.53. The van der Waals surface area contributed by atoms with Gasteiger partial charge in [-0.25, -0.2) is 4.98 Å². The van der Waals surface area contributed by atoms with Gasteiger partial charge in [-0.15, -0.1) is 17.9 Å². The van der Waals surface area contributed by atoms with Gasteiger partial charge < -0.3 is 0 Å². The van der Waals surface area contributed by atoms with Gasteiger partial charge in [-0.2, -0.15) is 0 Å². The number of hydrogen-bond donors (Lipinski definition) is 0. The Morgan fingerprint density at radius 1 is 1.44 bits per heavy atom. The van der Waals surface area contributed by atoms with Gasteiger partial charge in [0.25, 0.3) is 11.6 Å². The van der Waals surface area contributed by atoms with Gasteiger partial charge in [0.1, 0.15) is 0 Å². The van der Waals surface area contributed by atoms with E-state index in [1.165, 1.54) is 28.3 Å². The van der Waals surface area contributed by atoms with E-state index in [1.54, 1.807) is 24.0 Å². The zero-order valence-corrected chi connectivity index (χ0v) is 14.8. The van der Waals surface area contributed by atoms with Crippen LogP contribution in [0.25, 0.3) is 0 Å². The number of aromatic nitrogens is 1. The number of nitrogens with zero attached hydrogens (tertiary/aromatic N) is 3. The minimum absolute atomic E-state index is 0.0529. The normalized spacial score (nSPS) is 13.2. The number of thiazole rings is 1. The molecule has 1 aromatic heterocycles. The van der Waals surface area contributed by atoms with E-state index in [2.05, 4.69) is 11.6 Å². The van der Waals surface area contributed by atoms with Crippen LogP contribution < -0.4 is 4.90 Å². The van der Waals surface area contributed by atoms with Crippen LogP contribution >= 0.6 is 11.3 Å². The summed E-state index contributed by atoms with van der Waals surface area (Å²) in [5.41, 5.74) is 1.71. The fraction of sp³-hybridized carbons (Fsp3) is 0.333. The summed E-state index contributed by atoms with van der Waals surface area (Å²) < 4.78 is 0. The Balaban J connectivity index is 1.99. The van der Waals surface area contributed by atoms with Gasteiger partial charge in [0, 0.05) is 28.6 Å². The van der Waals surface area contributed by atoms with Crippen molar-refractivity contribution in [2.45, 2.75) is 32.6 Å². The van der Waals surface area contributed by atoms with Crippen LogP contribution in [-0.2, 0) is 12.8 Å². The minimum Gasteiger partial charge on any atom is -0.280 e. The topological polar surface area (TPSA) is 76.3 Å². The zero-order chi connectivity index (χ0) is 18.0. The first-order chi connectivity index (χ1) is 12.0. The number of anilines is 1. The predicted molar refractivity (Wildman–Crippen MR) is 98.5 cm³/mol. The first-order valence-electron chi connectivity index (χ1n) is 8.18. The molecule has 25 heavy (non-hydrogen) atoms. The molecule has 0 spiro atoms. The lowest BCUT2D eigenvalue weighted by Crippen LogP contribution is -2.31. The number of hydrogen-bond acceptors (Lipinski definition) is 5. The Hall–Kier alpha value is -2.54. The highest BCUT2D eigenvalue weighted by Gasteiger charge is 2.26. The largest absolute Gasteiger partial charge is 0.280 e. The Bertz CT molecular complexity index is 821. The maximum atomic E-state index is 13.1. The first-order valence-corrected chi connectivity index (χ1v) is 9.00. The number of aryl methyl sites for hydroxylation is 2. The molecule has 1 amide bonds. The van der Waals surface area contributed by atoms with Crippen LogP contribution in [0, 0.1) is 17.0 Å². The molecule has 2 aromatic rings. The summed E-state index contributed by atoms with van der Waals surface area (Å²) in [6.07, 6.45) is 5.85. The third-order valence-electron chi connectivity index (χ3n) is 4.35. The summed E-state index contributed by atoms with van der Waals surface area (Å²) in [5, 5.41) is 11.8. The van der Waals surface area contributed by atoms with Crippen LogP contribution in [0.3, 0.4) is 0 Å². The molecule has 3 rings (SSSR count). The first kappa shape index (κ1) is 17.3. The molecule has 0 saturated heterocycles. The quantitative estimate of drug-likeness (QED) is 0.459. The third kappa shape index (κ3) is 3.32. The Morgan fingerprint density at radius 3 is 2.88 bits per heavy atom. The zero-order valence-electron chi connectivity index (χ0n) is 14.0. The number of rotatable bonds is 5. The van der Waals surface area contributed by atoms with Gasteiger partial charge in [0.15, 0.2) is 5.13 Å². The van der Waals surface area contributed by atoms with E-state index in [1.807, 2.05) is 0 Å². The molecule has 0 aliphatic heterocycles. The summed E-state index contributed by atoms with van der Waals surface area (Å²) in [4.78, 5) is 31.2. The van der Waals surface area contributed by atoms with Crippen molar-refractivity contribution >= 4 is 28.1 Å². The molecule has 0 bridgehead atoms. The molecule has 0 unspecified atom stereocenters. The monoisotopic (exact) mass is 357 g/mol. The summed E-state index contributed by atoms with van der Waals surface area (Å²) in [6.45, 7) is 5.64. The van der Waals surface area contributed by atoms with E-state index < -0.39 is 4.92 Å². The van der Waals surface area contributed by atoms with E-state index in [-0.39, 0.29) is 11.6 Å². The lowest BCUT2D eigenvalue weighted by atomic mass is 10.0. The molecule has 0 atom stereocenters. The molecular weight excluding hydrogens is 338 g/mol. The van der Waals surface area contributed by atoms with Crippen LogP contribution in [0.4, 0.5) is 10.8 Å². The van der Waals surface area contributed by atoms with Crippen LogP contribution in [0.2, 0.25) is 0 Å². The van der Waals surface area contributed by atoms with Crippen molar-refractivity contribution in [3.05, 3.63) is 62.7 Å². The van der Waals surface area contributed by atoms with Crippen molar-refractivity contribution in [2.75, 3.05) is 11.4 Å². The molecule has 7 heteroatoms. The second-order valence-electron chi connectivity index (χ2n) is 5.98. The Morgan fingerprint density at radius 2 is 2.20 bits per heavy atom. The van der Waals surface area contributed by atoms with Crippen molar-refractivity contribution < 1.29 is 9.72 Å². The highest BCUT2D eigenvalue weighted by molar-refractivity contribution is 7.16. The van der Waals surface area contributed by atoms with Gasteiger partial charge in [-0.05, 0) is 38.7 Å². The molecule has 1 aliphatic rings. The molecule has 0 N–H and O–H groups in total. The van der Waals surface area contributed by atoms with Crippen molar-refractivity contribution in [1.29, 1.82) is 0 Å². The Labute approximate surface area is 150 Å². The standard InChI is InChI=1S/C18H19N3O3S/c1-3-11-20(18-19-14-8-4-5-10-16(14)25-18)17(22)13-7-6-9-15(12(13)2)21(23)24/h3,6-7,9H,1,4-5,8,10-11H2,2H3. The van der Waals surface area contributed by atoms with Crippen molar-refractivity contribution in [2.24, 2.45) is 0 Å². The second-order valence-corrected chi connectivity index (χ2v) is 7.05. The highest BCUT2D eigenvalue weighted by atomic mass is 32.1. The van der Waals surface area contributed by atoms with Crippen molar-refractivity contribution in [3.8, 4) is 0 Å². The summed E-state index contributed by atoms with van der Waals surface area (Å²) in [5.74, 6) is -0.285. The second kappa shape index (κ2) is 7.14. The smallest absolute Gasteiger partial charge is 0.273 e. The predicted octanol–water partition coefficient (Wildman–Crippen LogP) is 4.07. The van der Waals surface area contributed by atoms with E-state index >= 15 is 0 Å². The number of nitro groups is 1. The van der Waals surface area contributed by atoms with E-state index in [0.717, 1.165) is 31.4 Å². The molecule has 130 valence electrons. The van der Waals surface area contributed by atoms with E-state index in [0.29, 0.717) is 22.8 Å². The van der Waals surface area contributed by atoms with Gasteiger partial charge in [-0.3, -0.25) is 19.8 Å². The van der Waals surface area contributed by atoms with Gasteiger partial charge in [-0.1, -0.05) is 12.1 Å². The van der Waals surface area contributed by atoms with Gasteiger partial charge in [0.05, 0.1) is 10.6 Å². The number of fused-ring (bicyclic) bond motifs is 1. The maximum Gasteiger partial charge on any atom is 0.273 e. The van der Waals surface area contributed by atoms with E-state index in [4.69, 9.17) is 0 Å². The SMILES string of the molecule is C=CCN(C(=O)c1cccc([N+](=O)[O-])c1C)c1nc2c(s1)CCCC2. The maximum absolute atomic E-state index is 13.1. The summed E-state index contributed by atoms with van der Waals surface area (Å²) in [7, 11) is 0. The van der Waals surface area contributed by atoms with Crippen LogP contribution in [0.15, 0.2) is 30.9 Å². The molecule has 6 nitrogen and oxygen atoms in total. The average molecular weight is 357 g/mol.